The maximum Gasteiger partial charge on any atom is 0.133 e. The Morgan fingerprint density at radius 2 is 2.00 bits per heavy atom. The van der Waals surface area contributed by atoms with Crippen molar-refractivity contribution in [3.63, 3.8) is 0 Å². The summed E-state index contributed by atoms with van der Waals surface area (Å²) in [5.41, 5.74) is 9.50. The van der Waals surface area contributed by atoms with Gasteiger partial charge in [0.15, 0.2) is 0 Å². The van der Waals surface area contributed by atoms with E-state index < -0.39 is 0 Å². The predicted octanol–water partition coefficient (Wildman–Crippen LogP) is 3.57. The molecular formula is C16H21N3. The van der Waals surface area contributed by atoms with E-state index in [-0.39, 0.29) is 6.04 Å². The van der Waals surface area contributed by atoms with Gasteiger partial charge in [-0.25, -0.2) is 4.98 Å². The second kappa shape index (κ2) is 5.85. The number of anilines is 2. The minimum atomic E-state index is 0.0253. The van der Waals surface area contributed by atoms with Crippen LogP contribution in [0, 0.1) is 6.92 Å². The van der Waals surface area contributed by atoms with Gasteiger partial charge in [0.05, 0.1) is 0 Å². The minimum absolute atomic E-state index is 0.0253. The van der Waals surface area contributed by atoms with Crippen molar-refractivity contribution in [2.45, 2.75) is 26.8 Å². The van der Waals surface area contributed by atoms with Crippen molar-refractivity contribution in [3.05, 3.63) is 53.7 Å². The maximum atomic E-state index is 5.95. The van der Waals surface area contributed by atoms with E-state index in [4.69, 9.17) is 5.73 Å². The van der Waals surface area contributed by atoms with Crippen LogP contribution in [0.1, 0.15) is 31.0 Å². The molecule has 2 rings (SSSR count). The van der Waals surface area contributed by atoms with Crippen LogP contribution in [-0.4, -0.2) is 11.5 Å². The van der Waals surface area contributed by atoms with Gasteiger partial charge in [0.2, 0.25) is 0 Å². The second-order valence-electron chi connectivity index (χ2n) is 4.77. The van der Waals surface area contributed by atoms with Crippen LogP contribution in [0.5, 0.6) is 0 Å². The van der Waals surface area contributed by atoms with Gasteiger partial charge in [0.1, 0.15) is 5.82 Å². The highest BCUT2D eigenvalue weighted by Gasteiger charge is 2.11. The van der Waals surface area contributed by atoms with Crippen molar-refractivity contribution in [2.24, 2.45) is 5.73 Å². The molecule has 0 saturated heterocycles. The first kappa shape index (κ1) is 13.6. The Balaban J connectivity index is 2.43. The Hall–Kier alpha value is -1.87. The smallest absolute Gasteiger partial charge is 0.133 e. The largest absolute Gasteiger partial charge is 0.326 e. The Morgan fingerprint density at radius 3 is 2.63 bits per heavy atom. The van der Waals surface area contributed by atoms with Crippen LogP contribution in [-0.2, 0) is 0 Å². The summed E-state index contributed by atoms with van der Waals surface area (Å²) in [5.74, 6) is 0.951. The first-order valence-electron chi connectivity index (χ1n) is 6.68. The summed E-state index contributed by atoms with van der Waals surface area (Å²) in [6.45, 7) is 7.11. The number of nitrogens with two attached hydrogens (primary N) is 1. The summed E-state index contributed by atoms with van der Waals surface area (Å²) in [6.07, 6.45) is 1.83. The van der Waals surface area contributed by atoms with E-state index in [1.165, 1.54) is 11.3 Å². The Kier molecular flexibility index (Phi) is 4.17. The zero-order chi connectivity index (χ0) is 13.8. The summed E-state index contributed by atoms with van der Waals surface area (Å²) >= 11 is 0. The highest BCUT2D eigenvalue weighted by atomic mass is 15.2. The topological polar surface area (TPSA) is 42.1 Å². The third-order valence-electron chi connectivity index (χ3n) is 3.29. The first-order chi connectivity index (χ1) is 9.13. The fourth-order valence-electron chi connectivity index (χ4n) is 2.19. The third-order valence-corrected chi connectivity index (χ3v) is 3.29. The molecule has 100 valence electrons. The fraction of sp³-hybridized carbons (Fsp3) is 0.312. The van der Waals surface area contributed by atoms with E-state index in [9.17, 15) is 0 Å². The number of aryl methyl sites for hydroxylation is 1. The number of para-hydroxylation sites is 1. The molecule has 1 aromatic carbocycles. The van der Waals surface area contributed by atoms with E-state index in [2.05, 4.69) is 54.1 Å². The van der Waals surface area contributed by atoms with E-state index >= 15 is 0 Å². The minimum Gasteiger partial charge on any atom is -0.326 e. The quantitative estimate of drug-likeness (QED) is 0.908. The summed E-state index contributed by atoms with van der Waals surface area (Å²) in [4.78, 5) is 6.69. The SMILES string of the molecule is CCN(c1cc([C@@H](C)N)ccn1)c1ccccc1C. The molecule has 1 atom stereocenters. The molecule has 1 aromatic heterocycles. The Bertz CT molecular complexity index is 549. The number of rotatable bonds is 4. The number of aromatic nitrogens is 1. The molecule has 19 heavy (non-hydrogen) atoms. The summed E-state index contributed by atoms with van der Waals surface area (Å²) in [5, 5.41) is 0. The lowest BCUT2D eigenvalue weighted by molar-refractivity contribution is 0.813. The molecule has 3 heteroatoms. The first-order valence-corrected chi connectivity index (χ1v) is 6.68. The van der Waals surface area contributed by atoms with Crippen molar-refractivity contribution in [1.29, 1.82) is 0 Å². The molecule has 2 N–H and O–H groups in total. The molecule has 2 aromatic rings. The molecule has 0 fully saturated rings. The molecule has 1 heterocycles. The van der Waals surface area contributed by atoms with Crippen LogP contribution >= 0.6 is 0 Å². The average Bonchev–Trinajstić information content (AvgIpc) is 2.42. The lowest BCUT2D eigenvalue weighted by Crippen LogP contribution is -2.19. The van der Waals surface area contributed by atoms with Gasteiger partial charge in [-0.1, -0.05) is 18.2 Å². The summed E-state index contributed by atoms with van der Waals surface area (Å²) in [7, 11) is 0. The molecule has 0 aliphatic rings. The van der Waals surface area contributed by atoms with Gasteiger partial charge in [-0.05, 0) is 50.1 Å². The van der Waals surface area contributed by atoms with Gasteiger partial charge in [-0.15, -0.1) is 0 Å². The van der Waals surface area contributed by atoms with Gasteiger partial charge in [-0.3, -0.25) is 0 Å². The standard InChI is InChI=1S/C16H21N3/c1-4-19(15-8-6-5-7-12(15)2)16-11-14(13(3)17)9-10-18-16/h5-11,13H,4,17H2,1-3H3/t13-/m1/s1. The van der Waals surface area contributed by atoms with Crippen LogP contribution in [0.25, 0.3) is 0 Å². The van der Waals surface area contributed by atoms with Crippen LogP contribution in [0.2, 0.25) is 0 Å². The van der Waals surface area contributed by atoms with Crippen LogP contribution in [0.15, 0.2) is 42.6 Å². The lowest BCUT2D eigenvalue weighted by Gasteiger charge is -2.24. The predicted molar refractivity (Wildman–Crippen MR) is 80.7 cm³/mol. The van der Waals surface area contributed by atoms with Crippen LogP contribution in [0.3, 0.4) is 0 Å². The number of benzene rings is 1. The van der Waals surface area contributed by atoms with Crippen molar-refractivity contribution < 1.29 is 0 Å². The van der Waals surface area contributed by atoms with Crippen molar-refractivity contribution >= 4 is 11.5 Å². The van der Waals surface area contributed by atoms with Gasteiger partial charge < -0.3 is 10.6 Å². The highest BCUT2D eigenvalue weighted by molar-refractivity contribution is 5.63. The Morgan fingerprint density at radius 1 is 1.26 bits per heavy atom. The molecule has 0 aliphatic heterocycles. The molecule has 0 spiro atoms. The number of hydrogen-bond donors (Lipinski definition) is 1. The molecule has 0 saturated carbocycles. The highest BCUT2D eigenvalue weighted by Crippen LogP contribution is 2.27. The zero-order valence-corrected chi connectivity index (χ0v) is 11.8. The fourth-order valence-corrected chi connectivity index (χ4v) is 2.19. The molecule has 0 radical (unpaired) electrons. The molecular weight excluding hydrogens is 234 g/mol. The van der Waals surface area contributed by atoms with E-state index in [0.717, 1.165) is 17.9 Å². The van der Waals surface area contributed by atoms with Crippen molar-refractivity contribution in [3.8, 4) is 0 Å². The van der Waals surface area contributed by atoms with Gasteiger partial charge >= 0.3 is 0 Å². The van der Waals surface area contributed by atoms with E-state index in [1.807, 2.05) is 19.2 Å². The Labute approximate surface area is 115 Å². The summed E-state index contributed by atoms with van der Waals surface area (Å²) in [6, 6.07) is 12.4. The van der Waals surface area contributed by atoms with Gasteiger partial charge in [0.25, 0.3) is 0 Å². The number of pyridine rings is 1. The normalized spacial score (nSPS) is 12.2. The number of nitrogens with zero attached hydrogens (tertiary/aromatic N) is 2. The maximum absolute atomic E-state index is 5.95. The van der Waals surface area contributed by atoms with Crippen molar-refractivity contribution in [2.75, 3.05) is 11.4 Å². The molecule has 0 aliphatic carbocycles. The average molecular weight is 255 g/mol. The molecule has 0 bridgehead atoms. The lowest BCUT2D eigenvalue weighted by atomic mass is 10.1. The third kappa shape index (κ3) is 2.93. The molecule has 3 nitrogen and oxygen atoms in total. The van der Waals surface area contributed by atoms with E-state index in [0.29, 0.717) is 0 Å². The monoisotopic (exact) mass is 255 g/mol. The van der Waals surface area contributed by atoms with Gasteiger partial charge in [0, 0.05) is 24.5 Å². The van der Waals surface area contributed by atoms with E-state index in [1.54, 1.807) is 0 Å². The number of hydrogen-bond acceptors (Lipinski definition) is 3. The zero-order valence-electron chi connectivity index (χ0n) is 11.8. The molecule has 0 amide bonds. The second-order valence-corrected chi connectivity index (χ2v) is 4.77. The van der Waals surface area contributed by atoms with Crippen LogP contribution in [0.4, 0.5) is 11.5 Å². The summed E-state index contributed by atoms with van der Waals surface area (Å²) < 4.78 is 0. The van der Waals surface area contributed by atoms with Crippen LogP contribution < -0.4 is 10.6 Å². The van der Waals surface area contributed by atoms with Gasteiger partial charge in [-0.2, -0.15) is 0 Å². The molecule has 0 unspecified atom stereocenters. The van der Waals surface area contributed by atoms with Crippen molar-refractivity contribution in [1.82, 2.24) is 4.98 Å².